The fourth-order valence-electron chi connectivity index (χ4n) is 2.88. The lowest BCUT2D eigenvalue weighted by Crippen LogP contribution is -2.02. The van der Waals surface area contributed by atoms with Crippen molar-refractivity contribution in [3.05, 3.63) is 75.5 Å². The van der Waals surface area contributed by atoms with E-state index in [2.05, 4.69) is 6.92 Å². The summed E-state index contributed by atoms with van der Waals surface area (Å²) in [4.78, 5) is 10.3. The molecule has 0 amide bonds. The SMILES string of the molecule is CCCCc1oc2ccccc2c1C(O)c1ccc([N+](=O)[O-])cc1. The Balaban J connectivity index is 2.04. The maximum absolute atomic E-state index is 10.9. The maximum atomic E-state index is 10.9. The Bertz CT molecular complexity index is 851. The molecule has 5 nitrogen and oxygen atoms in total. The average Bonchev–Trinajstić information content (AvgIpc) is 2.97. The number of unbranched alkanes of at least 4 members (excludes halogenated alkanes) is 1. The summed E-state index contributed by atoms with van der Waals surface area (Å²) < 4.78 is 5.94. The maximum Gasteiger partial charge on any atom is 0.269 e. The van der Waals surface area contributed by atoms with Crippen molar-refractivity contribution in [2.75, 3.05) is 0 Å². The van der Waals surface area contributed by atoms with Gasteiger partial charge in [0.15, 0.2) is 0 Å². The molecule has 124 valence electrons. The normalized spacial score (nSPS) is 12.4. The summed E-state index contributed by atoms with van der Waals surface area (Å²) in [6, 6.07) is 13.6. The highest BCUT2D eigenvalue weighted by molar-refractivity contribution is 5.83. The van der Waals surface area contributed by atoms with Crippen LogP contribution in [0.25, 0.3) is 11.0 Å². The summed E-state index contributed by atoms with van der Waals surface area (Å²) in [7, 11) is 0. The molecule has 1 heterocycles. The van der Waals surface area contributed by atoms with E-state index in [0.717, 1.165) is 41.6 Å². The van der Waals surface area contributed by atoms with Crippen molar-refractivity contribution in [1.29, 1.82) is 0 Å². The van der Waals surface area contributed by atoms with Crippen LogP contribution in [0.2, 0.25) is 0 Å². The van der Waals surface area contributed by atoms with Crippen molar-refractivity contribution >= 4 is 16.7 Å². The molecule has 0 spiro atoms. The number of fused-ring (bicyclic) bond motifs is 1. The van der Waals surface area contributed by atoms with Gasteiger partial charge in [0, 0.05) is 29.5 Å². The van der Waals surface area contributed by atoms with E-state index in [0.29, 0.717) is 5.56 Å². The van der Waals surface area contributed by atoms with Gasteiger partial charge in [-0.25, -0.2) is 0 Å². The van der Waals surface area contributed by atoms with Crippen LogP contribution in [-0.2, 0) is 6.42 Å². The predicted octanol–water partition coefficient (Wildman–Crippen LogP) is 4.77. The Morgan fingerprint density at radius 1 is 1.17 bits per heavy atom. The zero-order valence-electron chi connectivity index (χ0n) is 13.4. The van der Waals surface area contributed by atoms with Crippen molar-refractivity contribution in [2.24, 2.45) is 0 Å². The fourth-order valence-corrected chi connectivity index (χ4v) is 2.88. The van der Waals surface area contributed by atoms with E-state index in [1.165, 1.54) is 12.1 Å². The molecule has 0 aliphatic carbocycles. The molecule has 0 aliphatic heterocycles. The van der Waals surface area contributed by atoms with E-state index in [-0.39, 0.29) is 5.69 Å². The molecular formula is C19H19NO4. The van der Waals surface area contributed by atoms with E-state index in [1.807, 2.05) is 24.3 Å². The summed E-state index contributed by atoms with van der Waals surface area (Å²) in [6.07, 6.45) is 1.88. The smallest absolute Gasteiger partial charge is 0.269 e. The molecule has 1 aromatic heterocycles. The van der Waals surface area contributed by atoms with Gasteiger partial charge in [-0.3, -0.25) is 10.1 Å². The minimum Gasteiger partial charge on any atom is -0.461 e. The highest BCUT2D eigenvalue weighted by Crippen LogP contribution is 2.35. The zero-order valence-corrected chi connectivity index (χ0v) is 13.4. The Hall–Kier alpha value is -2.66. The van der Waals surface area contributed by atoms with E-state index >= 15 is 0 Å². The summed E-state index contributed by atoms with van der Waals surface area (Å²) in [5.74, 6) is 0.781. The summed E-state index contributed by atoms with van der Waals surface area (Å²) >= 11 is 0. The number of hydrogen-bond acceptors (Lipinski definition) is 4. The first-order valence-corrected chi connectivity index (χ1v) is 8.04. The second-order valence-corrected chi connectivity index (χ2v) is 5.79. The molecule has 1 atom stereocenters. The second-order valence-electron chi connectivity index (χ2n) is 5.79. The molecular weight excluding hydrogens is 306 g/mol. The number of furan rings is 1. The van der Waals surface area contributed by atoms with Crippen LogP contribution in [0.4, 0.5) is 5.69 Å². The number of nitro groups is 1. The average molecular weight is 325 g/mol. The van der Waals surface area contributed by atoms with E-state index < -0.39 is 11.0 Å². The van der Waals surface area contributed by atoms with Gasteiger partial charge in [0.25, 0.3) is 5.69 Å². The van der Waals surface area contributed by atoms with Gasteiger partial charge in [0.1, 0.15) is 17.4 Å². The first-order valence-electron chi connectivity index (χ1n) is 8.04. The summed E-state index contributed by atoms with van der Waals surface area (Å²) in [6.45, 7) is 2.11. The third kappa shape index (κ3) is 3.03. The quantitative estimate of drug-likeness (QED) is 0.523. The molecule has 0 radical (unpaired) electrons. The third-order valence-corrected chi connectivity index (χ3v) is 4.16. The number of para-hydroxylation sites is 1. The molecule has 2 aromatic carbocycles. The topological polar surface area (TPSA) is 76.5 Å². The molecule has 24 heavy (non-hydrogen) atoms. The van der Waals surface area contributed by atoms with Gasteiger partial charge in [0.2, 0.25) is 0 Å². The van der Waals surface area contributed by atoms with Gasteiger partial charge in [0.05, 0.1) is 4.92 Å². The molecule has 0 saturated heterocycles. The monoisotopic (exact) mass is 325 g/mol. The number of nitrogens with zero attached hydrogens (tertiary/aromatic N) is 1. The Morgan fingerprint density at radius 2 is 1.88 bits per heavy atom. The van der Waals surface area contributed by atoms with Crippen LogP contribution in [0, 0.1) is 10.1 Å². The molecule has 1 N–H and O–H groups in total. The molecule has 1 unspecified atom stereocenters. The second kappa shape index (κ2) is 6.84. The van der Waals surface area contributed by atoms with Gasteiger partial charge in [-0.05, 0) is 30.2 Å². The standard InChI is InChI=1S/C19H19NO4/c1-2-3-7-17-18(15-6-4-5-8-16(15)24-17)19(21)13-9-11-14(12-10-13)20(22)23/h4-6,8-12,19,21H,2-3,7H2,1H3. The number of benzene rings is 2. The molecule has 0 saturated carbocycles. The van der Waals surface area contributed by atoms with Crippen LogP contribution in [0.5, 0.6) is 0 Å². The Kier molecular flexibility index (Phi) is 4.62. The number of nitro benzene ring substituents is 1. The van der Waals surface area contributed by atoms with Crippen molar-refractivity contribution < 1.29 is 14.4 Å². The number of hydrogen-bond donors (Lipinski definition) is 1. The fraction of sp³-hybridized carbons (Fsp3) is 0.263. The van der Waals surface area contributed by atoms with E-state index in [1.54, 1.807) is 12.1 Å². The number of rotatable bonds is 6. The van der Waals surface area contributed by atoms with Crippen LogP contribution >= 0.6 is 0 Å². The minimum atomic E-state index is -0.874. The lowest BCUT2D eigenvalue weighted by atomic mass is 9.96. The number of aryl methyl sites for hydroxylation is 1. The molecule has 0 bridgehead atoms. The third-order valence-electron chi connectivity index (χ3n) is 4.16. The Morgan fingerprint density at radius 3 is 2.54 bits per heavy atom. The van der Waals surface area contributed by atoms with Crippen molar-refractivity contribution in [3.63, 3.8) is 0 Å². The van der Waals surface area contributed by atoms with Gasteiger partial charge < -0.3 is 9.52 Å². The van der Waals surface area contributed by atoms with E-state index in [9.17, 15) is 15.2 Å². The number of aliphatic hydroxyl groups excluding tert-OH is 1. The molecule has 3 aromatic rings. The van der Waals surface area contributed by atoms with Gasteiger partial charge >= 0.3 is 0 Å². The van der Waals surface area contributed by atoms with Gasteiger partial charge in [-0.1, -0.05) is 31.5 Å². The number of non-ortho nitro benzene ring substituents is 1. The minimum absolute atomic E-state index is 0.00853. The highest BCUT2D eigenvalue weighted by atomic mass is 16.6. The Labute approximate surface area is 139 Å². The van der Waals surface area contributed by atoms with Crippen molar-refractivity contribution in [2.45, 2.75) is 32.3 Å². The molecule has 0 aliphatic rings. The first kappa shape index (κ1) is 16.2. The lowest BCUT2D eigenvalue weighted by molar-refractivity contribution is -0.384. The first-order chi connectivity index (χ1) is 11.6. The van der Waals surface area contributed by atoms with Gasteiger partial charge in [-0.15, -0.1) is 0 Å². The molecule has 0 fully saturated rings. The van der Waals surface area contributed by atoms with E-state index in [4.69, 9.17) is 4.42 Å². The lowest BCUT2D eigenvalue weighted by Gasteiger charge is -2.12. The molecule has 5 heteroatoms. The number of aliphatic hydroxyl groups is 1. The largest absolute Gasteiger partial charge is 0.461 e. The van der Waals surface area contributed by atoms with Crippen LogP contribution in [-0.4, -0.2) is 10.0 Å². The summed E-state index contributed by atoms with van der Waals surface area (Å²) in [5.41, 5.74) is 2.13. The van der Waals surface area contributed by atoms with Crippen molar-refractivity contribution in [3.8, 4) is 0 Å². The van der Waals surface area contributed by atoms with Crippen LogP contribution < -0.4 is 0 Å². The van der Waals surface area contributed by atoms with Crippen LogP contribution in [0.15, 0.2) is 52.9 Å². The molecule has 3 rings (SSSR count). The zero-order chi connectivity index (χ0) is 17.1. The van der Waals surface area contributed by atoms with Gasteiger partial charge in [-0.2, -0.15) is 0 Å². The van der Waals surface area contributed by atoms with Crippen LogP contribution in [0.1, 0.15) is 42.8 Å². The highest BCUT2D eigenvalue weighted by Gasteiger charge is 2.22. The summed E-state index contributed by atoms with van der Waals surface area (Å²) in [5, 5.41) is 22.5. The predicted molar refractivity (Wildman–Crippen MR) is 92.0 cm³/mol. The van der Waals surface area contributed by atoms with Crippen LogP contribution in [0.3, 0.4) is 0 Å². The van der Waals surface area contributed by atoms with Crippen molar-refractivity contribution in [1.82, 2.24) is 0 Å².